The van der Waals surface area contributed by atoms with E-state index in [4.69, 9.17) is 4.74 Å². The Labute approximate surface area is 89.8 Å². The molecular weight excluding hydrogens is 190 g/mol. The third-order valence-electron chi connectivity index (χ3n) is 1.90. The molecule has 1 aromatic carbocycles. The maximum absolute atomic E-state index is 11.0. The van der Waals surface area contributed by atoms with Crippen LogP contribution in [0.2, 0.25) is 0 Å². The number of benzene rings is 1. The Hall–Kier alpha value is -1.77. The lowest BCUT2D eigenvalue weighted by Crippen LogP contribution is -2.25. The second-order valence-electron chi connectivity index (χ2n) is 3.04. The Morgan fingerprint density at radius 3 is 2.67 bits per heavy atom. The van der Waals surface area contributed by atoms with E-state index in [2.05, 4.69) is 11.9 Å². The summed E-state index contributed by atoms with van der Waals surface area (Å²) in [5.74, 6) is 0. The van der Waals surface area contributed by atoms with E-state index in [1.807, 2.05) is 30.3 Å². The summed E-state index contributed by atoms with van der Waals surface area (Å²) >= 11 is 0. The van der Waals surface area contributed by atoms with Crippen molar-refractivity contribution in [3.63, 3.8) is 0 Å². The lowest BCUT2D eigenvalue weighted by molar-refractivity contribution is 0.153. The van der Waals surface area contributed by atoms with Crippen LogP contribution in [0.1, 0.15) is 12.5 Å². The summed E-state index contributed by atoms with van der Waals surface area (Å²) in [4.78, 5) is 11.0. The number of nitrogens with one attached hydrogen (secondary N) is 1. The lowest BCUT2D eigenvalue weighted by Gasteiger charge is -2.07. The molecule has 0 aliphatic carbocycles. The zero-order chi connectivity index (χ0) is 11.1. The maximum Gasteiger partial charge on any atom is 0.407 e. The Balaban J connectivity index is 2.40. The molecule has 80 valence electrons. The van der Waals surface area contributed by atoms with Gasteiger partial charge < -0.3 is 10.1 Å². The fourth-order valence-corrected chi connectivity index (χ4v) is 1.14. The van der Waals surface area contributed by atoms with Crippen LogP contribution in [0.4, 0.5) is 4.79 Å². The van der Waals surface area contributed by atoms with Crippen LogP contribution in [0.3, 0.4) is 0 Å². The number of hydrogen-bond acceptors (Lipinski definition) is 2. The molecule has 0 saturated heterocycles. The molecule has 1 rings (SSSR count). The van der Waals surface area contributed by atoms with Crippen LogP contribution in [0, 0.1) is 0 Å². The highest BCUT2D eigenvalue weighted by Gasteiger charge is 2.02. The highest BCUT2D eigenvalue weighted by Crippen LogP contribution is 2.09. The predicted octanol–water partition coefficient (Wildman–Crippen LogP) is 2.45. The Morgan fingerprint density at radius 1 is 1.40 bits per heavy atom. The summed E-state index contributed by atoms with van der Waals surface area (Å²) in [7, 11) is 0. The van der Waals surface area contributed by atoms with Crippen molar-refractivity contribution in [2.45, 2.75) is 6.92 Å². The van der Waals surface area contributed by atoms with Gasteiger partial charge in [0.15, 0.2) is 0 Å². The molecule has 0 spiro atoms. The van der Waals surface area contributed by atoms with Crippen molar-refractivity contribution in [3.8, 4) is 0 Å². The third-order valence-corrected chi connectivity index (χ3v) is 1.90. The number of hydrogen-bond donors (Lipinski definition) is 1. The van der Waals surface area contributed by atoms with Gasteiger partial charge >= 0.3 is 6.09 Å². The summed E-state index contributed by atoms with van der Waals surface area (Å²) in [6.07, 6.45) is -0.408. The first kappa shape index (κ1) is 11.3. The Kier molecular flexibility index (Phi) is 4.41. The van der Waals surface area contributed by atoms with E-state index < -0.39 is 6.09 Å². The van der Waals surface area contributed by atoms with Crippen LogP contribution in [-0.4, -0.2) is 19.2 Å². The molecule has 0 atom stereocenters. The van der Waals surface area contributed by atoms with Crippen LogP contribution in [-0.2, 0) is 4.74 Å². The van der Waals surface area contributed by atoms with Crippen molar-refractivity contribution >= 4 is 11.7 Å². The number of alkyl carbamates (subject to hydrolysis) is 1. The molecule has 3 nitrogen and oxygen atoms in total. The van der Waals surface area contributed by atoms with E-state index in [0.29, 0.717) is 13.2 Å². The minimum Gasteiger partial charge on any atom is -0.450 e. The van der Waals surface area contributed by atoms with Crippen LogP contribution in [0.5, 0.6) is 0 Å². The van der Waals surface area contributed by atoms with Gasteiger partial charge in [0, 0.05) is 6.54 Å². The van der Waals surface area contributed by atoms with E-state index in [9.17, 15) is 4.79 Å². The molecule has 1 aromatic rings. The van der Waals surface area contributed by atoms with Gasteiger partial charge in [0.1, 0.15) is 0 Å². The highest BCUT2D eigenvalue weighted by atomic mass is 16.5. The predicted molar refractivity (Wildman–Crippen MR) is 60.5 cm³/mol. The third kappa shape index (κ3) is 3.85. The zero-order valence-electron chi connectivity index (χ0n) is 8.82. The number of amides is 1. The summed E-state index contributed by atoms with van der Waals surface area (Å²) in [5.41, 5.74) is 1.89. The first-order valence-electron chi connectivity index (χ1n) is 4.88. The minimum absolute atomic E-state index is 0.379. The van der Waals surface area contributed by atoms with Crippen molar-refractivity contribution in [3.05, 3.63) is 42.5 Å². The fourth-order valence-electron chi connectivity index (χ4n) is 1.14. The maximum atomic E-state index is 11.0. The molecule has 3 heteroatoms. The normalized spacial score (nSPS) is 9.40. The van der Waals surface area contributed by atoms with Crippen LogP contribution in [0.15, 0.2) is 36.9 Å². The summed E-state index contributed by atoms with van der Waals surface area (Å²) < 4.78 is 4.74. The lowest BCUT2D eigenvalue weighted by atomic mass is 10.1. The van der Waals surface area contributed by atoms with E-state index in [1.54, 1.807) is 6.92 Å². The van der Waals surface area contributed by atoms with Gasteiger partial charge in [-0.15, -0.1) is 0 Å². The Morgan fingerprint density at radius 2 is 2.07 bits per heavy atom. The molecule has 0 heterocycles. The van der Waals surface area contributed by atoms with Crippen LogP contribution >= 0.6 is 0 Å². The van der Waals surface area contributed by atoms with Gasteiger partial charge in [0.2, 0.25) is 0 Å². The van der Waals surface area contributed by atoms with Crippen molar-refractivity contribution in [2.24, 2.45) is 0 Å². The second-order valence-corrected chi connectivity index (χ2v) is 3.04. The highest BCUT2D eigenvalue weighted by molar-refractivity contribution is 5.72. The molecule has 0 unspecified atom stereocenters. The molecule has 0 saturated carbocycles. The molecule has 1 amide bonds. The standard InChI is InChI=1S/C12H15NO2/c1-3-15-12(14)13-9-10(2)11-7-5-4-6-8-11/h4-8H,2-3,9H2,1H3,(H,13,14). The van der Waals surface area contributed by atoms with Crippen molar-refractivity contribution in [1.29, 1.82) is 0 Å². The van der Waals surface area contributed by atoms with Crippen molar-refractivity contribution in [1.82, 2.24) is 5.32 Å². The molecule has 0 aliphatic rings. The SMILES string of the molecule is C=C(CNC(=O)OCC)c1ccccc1. The van der Waals surface area contributed by atoms with Gasteiger partial charge in [0.25, 0.3) is 0 Å². The number of carbonyl (C=O) groups excluding carboxylic acids is 1. The van der Waals surface area contributed by atoms with Crippen LogP contribution < -0.4 is 5.32 Å². The van der Waals surface area contributed by atoms with Crippen molar-refractivity contribution < 1.29 is 9.53 Å². The van der Waals surface area contributed by atoms with Gasteiger partial charge in [-0.05, 0) is 18.1 Å². The molecule has 15 heavy (non-hydrogen) atoms. The monoisotopic (exact) mass is 205 g/mol. The summed E-state index contributed by atoms with van der Waals surface area (Å²) in [5, 5.41) is 2.62. The van der Waals surface area contributed by atoms with Gasteiger partial charge in [-0.1, -0.05) is 36.9 Å². The first-order valence-corrected chi connectivity index (χ1v) is 4.88. The van der Waals surface area contributed by atoms with Gasteiger partial charge in [-0.3, -0.25) is 0 Å². The Bertz CT molecular complexity index is 333. The summed E-state index contributed by atoms with van der Waals surface area (Å²) in [6.45, 7) is 6.44. The molecule has 0 aromatic heterocycles. The molecule has 0 radical (unpaired) electrons. The van der Waals surface area contributed by atoms with Gasteiger partial charge in [0.05, 0.1) is 6.61 Å². The van der Waals surface area contributed by atoms with Gasteiger partial charge in [-0.2, -0.15) is 0 Å². The molecule has 0 bridgehead atoms. The second kappa shape index (κ2) is 5.86. The molecular formula is C12H15NO2. The average Bonchev–Trinajstić information content (AvgIpc) is 2.27. The van der Waals surface area contributed by atoms with E-state index in [-0.39, 0.29) is 0 Å². The summed E-state index contributed by atoms with van der Waals surface area (Å²) in [6, 6.07) is 9.72. The van der Waals surface area contributed by atoms with E-state index in [0.717, 1.165) is 11.1 Å². The smallest absolute Gasteiger partial charge is 0.407 e. The van der Waals surface area contributed by atoms with Crippen LogP contribution in [0.25, 0.3) is 5.57 Å². The zero-order valence-corrected chi connectivity index (χ0v) is 8.82. The molecule has 0 fully saturated rings. The molecule has 0 aliphatic heterocycles. The van der Waals surface area contributed by atoms with E-state index in [1.165, 1.54) is 0 Å². The average molecular weight is 205 g/mol. The fraction of sp³-hybridized carbons (Fsp3) is 0.250. The van der Waals surface area contributed by atoms with Crippen molar-refractivity contribution in [2.75, 3.05) is 13.2 Å². The van der Waals surface area contributed by atoms with E-state index >= 15 is 0 Å². The number of ether oxygens (including phenoxy) is 1. The number of carbonyl (C=O) groups is 1. The topological polar surface area (TPSA) is 38.3 Å². The quantitative estimate of drug-likeness (QED) is 0.819. The largest absolute Gasteiger partial charge is 0.450 e. The molecule has 1 N–H and O–H groups in total. The van der Waals surface area contributed by atoms with Gasteiger partial charge in [-0.25, -0.2) is 4.79 Å². The first-order chi connectivity index (χ1) is 7.24. The number of rotatable bonds is 4. The minimum atomic E-state index is -0.408.